The highest BCUT2D eigenvalue weighted by Crippen LogP contribution is 2.29. The molecule has 2 aliphatic rings. The molecule has 1 aromatic carbocycles. The zero-order valence-electron chi connectivity index (χ0n) is 12.0. The van der Waals surface area contributed by atoms with Crippen LogP contribution in [0.15, 0.2) is 22.7 Å². The van der Waals surface area contributed by atoms with Crippen LogP contribution < -0.4 is 10.1 Å². The van der Waals surface area contributed by atoms with Crippen LogP contribution >= 0.6 is 28.3 Å². The van der Waals surface area contributed by atoms with Crippen molar-refractivity contribution in [3.8, 4) is 5.75 Å². The first-order valence-electron chi connectivity index (χ1n) is 7.05. The number of rotatable bonds is 2. The van der Waals surface area contributed by atoms with Crippen molar-refractivity contribution in [2.45, 2.75) is 18.9 Å². The number of benzene rings is 1. The van der Waals surface area contributed by atoms with Crippen LogP contribution in [0.2, 0.25) is 0 Å². The van der Waals surface area contributed by atoms with Gasteiger partial charge in [-0.15, -0.1) is 12.4 Å². The molecular weight excluding hydrogens is 356 g/mol. The lowest BCUT2D eigenvalue weighted by Gasteiger charge is -2.35. The SMILES string of the molecule is COc1cc(Br)ccc1C(=O)N1CCC2NCCC2C1.Cl. The van der Waals surface area contributed by atoms with Crippen LogP contribution in [-0.4, -0.2) is 43.6 Å². The summed E-state index contributed by atoms with van der Waals surface area (Å²) in [5.74, 6) is 1.32. The lowest BCUT2D eigenvalue weighted by atomic mass is 9.93. The number of hydrogen-bond donors (Lipinski definition) is 1. The van der Waals surface area contributed by atoms with E-state index < -0.39 is 0 Å². The van der Waals surface area contributed by atoms with Crippen LogP contribution in [0.3, 0.4) is 0 Å². The largest absolute Gasteiger partial charge is 0.496 e. The van der Waals surface area contributed by atoms with E-state index in [1.807, 2.05) is 23.1 Å². The molecule has 2 aliphatic heterocycles. The van der Waals surface area contributed by atoms with E-state index in [1.165, 1.54) is 6.42 Å². The highest BCUT2D eigenvalue weighted by Gasteiger charge is 2.35. The van der Waals surface area contributed by atoms with Crippen molar-refractivity contribution < 1.29 is 9.53 Å². The number of carbonyl (C=O) groups is 1. The molecule has 2 heterocycles. The van der Waals surface area contributed by atoms with Gasteiger partial charge in [0.05, 0.1) is 12.7 Å². The number of carbonyl (C=O) groups excluding carboxylic acids is 1. The summed E-state index contributed by atoms with van der Waals surface area (Å²) < 4.78 is 6.26. The van der Waals surface area contributed by atoms with Gasteiger partial charge in [-0.05, 0) is 43.5 Å². The summed E-state index contributed by atoms with van der Waals surface area (Å²) in [6.45, 7) is 2.76. The Balaban J connectivity index is 0.00000161. The molecule has 21 heavy (non-hydrogen) atoms. The highest BCUT2D eigenvalue weighted by molar-refractivity contribution is 9.10. The van der Waals surface area contributed by atoms with E-state index in [1.54, 1.807) is 7.11 Å². The molecular formula is C15H20BrClN2O2. The summed E-state index contributed by atoms with van der Waals surface area (Å²) in [6, 6.07) is 6.17. The van der Waals surface area contributed by atoms with Crippen molar-refractivity contribution in [2.24, 2.45) is 5.92 Å². The summed E-state index contributed by atoms with van der Waals surface area (Å²) >= 11 is 3.41. The van der Waals surface area contributed by atoms with E-state index in [9.17, 15) is 4.79 Å². The number of halogens is 2. The van der Waals surface area contributed by atoms with Crippen LogP contribution in [0.5, 0.6) is 5.75 Å². The Hall–Kier alpha value is -0.780. The Bertz CT molecular complexity index is 526. The smallest absolute Gasteiger partial charge is 0.257 e. The molecule has 1 aromatic rings. The fourth-order valence-electron chi connectivity index (χ4n) is 3.24. The Morgan fingerprint density at radius 3 is 3.00 bits per heavy atom. The minimum absolute atomic E-state index is 0. The van der Waals surface area contributed by atoms with Gasteiger partial charge < -0.3 is 15.0 Å². The van der Waals surface area contributed by atoms with Crippen LogP contribution in [0.1, 0.15) is 23.2 Å². The molecule has 0 radical (unpaired) electrons. The van der Waals surface area contributed by atoms with Crippen LogP contribution in [-0.2, 0) is 0 Å². The first-order chi connectivity index (χ1) is 9.69. The third-order valence-electron chi connectivity index (χ3n) is 4.34. The van der Waals surface area contributed by atoms with Crippen molar-refractivity contribution in [1.29, 1.82) is 0 Å². The van der Waals surface area contributed by atoms with Gasteiger partial charge in [0.15, 0.2) is 0 Å². The zero-order chi connectivity index (χ0) is 14.1. The fraction of sp³-hybridized carbons (Fsp3) is 0.533. The third-order valence-corrected chi connectivity index (χ3v) is 4.83. The Morgan fingerprint density at radius 2 is 2.24 bits per heavy atom. The first kappa shape index (κ1) is 16.6. The number of hydrogen-bond acceptors (Lipinski definition) is 3. The van der Waals surface area contributed by atoms with Gasteiger partial charge in [0, 0.05) is 23.6 Å². The van der Waals surface area contributed by atoms with Crippen molar-refractivity contribution in [1.82, 2.24) is 10.2 Å². The maximum atomic E-state index is 12.7. The summed E-state index contributed by atoms with van der Waals surface area (Å²) in [5.41, 5.74) is 0.653. The molecule has 3 rings (SSSR count). The van der Waals surface area contributed by atoms with Gasteiger partial charge in [0.25, 0.3) is 5.91 Å². The van der Waals surface area contributed by atoms with Gasteiger partial charge >= 0.3 is 0 Å². The Morgan fingerprint density at radius 1 is 1.43 bits per heavy atom. The second-order valence-corrected chi connectivity index (χ2v) is 6.41. The molecule has 2 fully saturated rings. The van der Waals surface area contributed by atoms with E-state index in [0.29, 0.717) is 23.3 Å². The predicted molar refractivity (Wildman–Crippen MR) is 88.4 cm³/mol. The average Bonchev–Trinajstić information content (AvgIpc) is 2.93. The highest BCUT2D eigenvalue weighted by atomic mass is 79.9. The monoisotopic (exact) mass is 374 g/mol. The molecule has 116 valence electrons. The number of ether oxygens (including phenoxy) is 1. The van der Waals surface area contributed by atoms with Gasteiger partial charge in [-0.25, -0.2) is 0 Å². The van der Waals surface area contributed by atoms with Crippen molar-refractivity contribution >= 4 is 34.2 Å². The summed E-state index contributed by atoms with van der Waals surface area (Å²) in [7, 11) is 1.60. The van der Waals surface area contributed by atoms with Gasteiger partial charge in [-0.2, -0.15) is 0 Å². The molecule has 0 aliphatic carbocycles. The maximum absolute atomic E-state index is 12.7. The molecule has 1 N–H and O–H groups in total. The Kier molecular flexibility index (Phi) is 5.52. The van der Waals surface area contributed by atoms with Gasteiger partial charge in [-0.3, -0.25) is 4.79 Å². The zero-order valence-corrected chi connectivity index (χ0v) is 14.4. The number of likely N-dealkylation sites (tertiary alicyclic amines) is 1. The lowest BCUT2D eigenvalue weighted by molar-refractivity contribution is 0.0658. The number of fused-ring (bicyclic) bond motifs is 1. The van der Waals surface area contributed by atoms with E-state index in [2.05, 4.69) is 21.2 Å². The van der Waals surface area contributed by atoms with E-state index in [4.69, 9.17) is 4.74 Å². The van der Waals surface area contributed by atoms with Gasteiger partial charge in [-0.1, -0.05) is 15.9 Å². The van der Waals surface area contributed by atoms with Crippen LogP contribution in [0.25, 0.3) is 0 Å². The summed E-state index contributed by atoms with van der Waals surface area (Å²) in [4.78, 5) is 14.7. The number of piperidine rings is 1. The van der Waals surface area contributed by atoms with Crippen molar-refractivity contribution in [3.05, 3.63) is 28.2 Å². The van der Waals surface area contributed by atoms with E-state index in [0.717, 1.165) is 30.5 Å². The van der Waals surface area contributed by atoms with Gasteiger partial charge in [0.1, 0.15) is 5.75 Å². The standard InChI is InChI=1S/C15H19BrN2O2.ClH/c1-20-14-8-11(16)2-3-12(14)15(19)18-7-5-13-10(9-18)4-6-17-13;/h2-3,8,10,13,17H,4-7,9H2,1H3;1H. The quantitative estimate of drug-likeness (QED) is 0.864. The molecule has 4 nitrogen and oxygen atoms in total. The summed E-state index contributed by atoms with van der Waals surface area (Å²) in [6.07, 6.45) is 2.22. The van der Waals surface area contributed by atoms with Crippen LogP contribution in [0, 0.1) is 5.92 Å². The minimum Gasteiger partial charge on any atom is -0.496 e. The molecule has 0 bridgehead atoms. The minimum atomic E-state index is 0. The fourth-order valence-corrected chi connectivity index (χ4v) is 3.58. The average molecular weight is 376 g/mol. The van der Waals surface area contributed by atoms with Gasteiger partial charge in [0.2, 0.25) is 0 Å². The second kappa shape index (κ2) is 6.99. The molecule has 1 amide bonds. The first-order valence-corrected chi connectivity index (χ1v) is 7.84. The molecule has 6 heteroatoms. The third kappa shape index (κ3) is 3.35. The second-order valence-electron chi connectivity index (χ2n) is 5.49. The number of amides is 1. The number of methoxy groups -OCH3 is 1. The van der Waals surface area contributed by atoms with E-state index in [-0.39, 0.29) is 18.3 Å². The van der Waals surface area contributed by atoms with Crippen molar-refractivity contribution in [3.63, 3.8) is 0 Å². The molecule has 2 saturated heterocycles. The van der Waals surface area contributed by atoms with Crippen molar-refractivity contribution in [2.75, 3.05) is 26.7 Å². The number of nitrogens with one attached hydrogen (secondary N) is 1. The molecule has 0 aromatic heterocycles. The summed E-state index contributed by atoms with van der Waals surface area (Å²) in [5, 5.41) is 3.52. The normalized spacial score (nSPS) is 24.2. The lowest BCUT2D eigenvalue weighted by Crippen LogP contribution is -2.46. The topological polar surface area (TPSA) is 41.6 Å². The van der Waals surface area contributed by atoms with E-state index >= 15 is 0 Å². The molecule has 0 spiro atoms. The molecule has 2 unspecified atom stereocenters. The maximum Gasteiger partial charge on any atom is 0.257 e. The predicted octanol–water partition coefficient (Wildman–Crippen LogP) is 2.70. The van der Waals surface area contributed by atoms with Crippen LogP contribution in [0.4, 0.5) is 0 Å². The molecule has 0 saturated carbocycles. The number of nitrogens with zero attached hydrogens (tertiary/aromatic N) is 1. The Labute approximate surface area is 139 Å². The molecule has 2 atom stereocenters.